The maximum atomic E-state index is 13.5. The Hall–Kier alpha value is -3.70. The predicted molar refractivity (Wildman–Crippen MR) is 129 cm³/mol. The molecule has 0 spiro atoms. The number of rotatable bonds is 8. The van der Waals surface area contributed by atoms with Crippen LogP contribution in [0.3, 0.4) is 0 Å². The van der Waals surface area contributed by atoms with Crippen molar-refractivity contribution in [2.75, 3.05) is 16.8 Å². The zero-order chi connectivity index (χ0) is 25.1. The number of anilines is 2. The van der Waals surface area contributed by atoms with Crippen LogP contribution in [0.5, 0.6) is 11.7 Å². The molecule has 1 N–H and O–H groups in total. The third-order valence-electron chi connectivity index (χ3n) is 5.42. The molecule has 1 unspecified atom stereocenters. The number of hydrogen-bond acceptors (Lipinski definition) is 7. The first-order chi connectivity index (χ1) is 16.8. The first-order valence-corrected chi connectivity index (χ1v) is 11.5. The highest BCUT2D eigenvalue weighted by Crippen LogP contribution is 2.30. The minimum Gasteiger partial charge on any atom is -0.539 e. The fourth-order valence-electron chi connectivity index (χ4n) is 3.69. The molecule has 2 heterocycles. The lowest BCUT2D eigenvalue weighted by molar-refractivity contribution is -0.746. The second-order valence-corrected chi connectivity index (χ2v) is 8.52. The Morgan fingerprint density at radius 3 is 2.54 bits per heavy atom. The molecule has 182 valence electrons. The van der Waals surface area contributed by atoms with Gasteiger partial charge in [0.25, 0.3) is 11.6 Å². The van der Waals surface area contributed by atoms with Crippen LogP contribution in [0.15, 0.2) is 53.1 Å². The Bertz CT molecular complexity index is 1230. The second kappa shape index (κ2) is 10.3. The van der Waals surface area contributed by atoms with Crippen LogP contribution in [0.4, 0.5) is 11.4 Å². The highest BCUT2D eigenvalue weighted by Gasteiger charge is 2.45. The van der Waals surface area contributed by atoms with Crippen LogP contribution in [-0.4, -0.2) is 39.7 Å². The van der Waals surface area contributed by atoms with Crippen molar-refractivity contribution >= 4 is 52.1 Å². The maximum Gasteiger partial charge on any atom is 0.256 e. The number of thiocarbonyl (C=S) groups is 1. The molecule has 0 saturated carbocycles. The molecule has 2 aromatic carbocycles. The third kappa shape index (κ3) is 5.20. The van der Waals surface area contributed by atoms with Crippen molar-refractivity contribution in [3.05, 3.63) is 59.2 Å². The Morgan fingerprint density at radius 1 is 1.26 bits per heavy atom. The van der Waals surface area contributed by atoms with Gasteiger partial charge in [-0.2, -0.15) is 0 Å². The van der Waals surface area contributed by atoms with E-state index in [1.807, 2.05) is 6.92 Å². The largest absolute Gasteiger partial charge is 0.539 e. The van der Waals surface area contributed by atoms with E-state index in [9.17, 15) is 14.7 Å². The van der Waals surface area contributed by atoms with Crippen LogP contribution >= 0.6 is 23.8 Å². The Labute approximate surface area is 211 Å². The summed E-state index contributed by atoms with van der Waals surface area (Å²) in [5, 5.41) is 19.2. The summed E-state index contributed by atoms with van der Waals surface area (Å²) in [5.41, 5.74) is 1.25. The van der Waals surface area contributed by atoms with E-state index in [1.165, 1.54) is 14.5 Å². The number of benzene rings is 2. The summed E-state index contributed by atoms with van der Waals surface area (Å²) in [4.78, 5) is 29.2. The molecule has 1 atom stereocenters. The SMILES string of the molecule is CCOc1ccc(N2C(=O)C(CC(=O)Nc3ccc(Cl)cc3)N(Cc3c([O-])on[n+]3C)C2=S)cc1. The predicted octanol–water partition coefficient (Wildman–Crippen LogP) is 2.16. The number of halogens is 1. The van der Waals surface area contributed by atoms with Crippen LogP contribution in [0.25, 0.3) is 0 Å². The smallest absolute Gasteiger partial charge is 0.256 e. The van der Waals surface area contributed by atoms with Gasteiger partial charge in [-0.05, 0) is 67.7 Å². The van der Waals surface area contributed by atoms with Gasteiger partial charge < -0.3 is 24.6 Å². The van der Waals surface area contributed by atoms with E-state index in [-0.39, 0.29) is 23.8 Å². The Morgan fingerprint density at radius 2 is 1.94 bits per heavy atom. The molecule has 1 saturated heterocycles. The highest BCUT2D eigenvalue weighted by molar-refractivity contribution is 7.80. The number of amides is 2. The van der Waals surface area contributed by atoms with Crippen molar-refractivity contribution in [2.24, 2.45) is 7.05 Å². The van der Waals surface area contributed by atoms with E-state index in [1.54, 1.807) is 55.6 Å². The van der Waals surface area contributed by atoms with Crippen LogP contribution in [0.1, 0.15) is 19.0 Å². The average molecular weight is 516 g/mol. The number of ether oxygens (including phenoxy) is 1. The van der Waals surface area contributed by atoms with Crippen LogP contribution < -0.4 is 24.7 Å². The topological polar surface area (TPSA) is 115 Å². The lowest BCUT2D eigenvalue weighted by Gasteiger charge is -2.22. The summed E-state index contributed by atoms with van der Waals surface area (Å²) in [6.07, 6.45) is -0.196. The summed E-state index contributed by atoms with van der Waals surface area (Å²) in [7, 11) is 1.55. The molecular formula is C23H22ClN5O5S. The standard InChI is InChI=1S/C23H22ClN5O5S/c1-3-33-17-10-8-16(9-11-17)29-21(31)18(12-20(30)25-15-6-4-14(24)5-7-15)28(23(29)35)13-19-22(32)34-26-27(19)2/h4-11,18H,3,12-13H2,1-2H3,(H-,25,26,30,32). The number of carbonyl (C=O) groups is 2. The molecule has 1 aromatic heterocycles. The van der Waals surface area contributed by atoms with Crippen molar-refractivity contribution in [2.45, 2.75) is 25.9 Å². The summed E-state index contributed by atoms with van der Waals surface area (Å²) >= 11 is 11.5. The van der Waals surface area contributed by atoms with Gasteiger partial charge in [-0.25, -0.2) is 0 Å². The molecule has 1 aliphatic heterocycles. The van der Waals surface area contributed by atoms with Gasteiger partial charge in [0.2, 0.25) is 5.91 Å². The molecule has 4 rings (SSSR count). The number of aryl methyl sites for hydroxylation is 1. The number of carbonyl (C=O) groups excluding carboxylic acids is 2. The summed E-state index contributed by atoms with van der Waals surface area (Å²) in [6, 6.07) is 12.5. The van der Waals surface area contributed by atoms with Gasteiger partial charge in [0, 0.05) is 10.7 Å². The van der Waals surface area contributed by atoms with Gasteiger partial charge >= 0.3 is 0 Å². The lowest BCUT2D eigenvalue weighted by Crippen LogP contribution is -2.42. The van der Waals surface area contributed by atoms with E-state index in [0.717, 1.165) is 0 Å². The maximum absolute atomic E-state index is 13.5. The lowest BCUT2D eigenvalue weighted by atomic mass is 10.1. The molecular weight excluding hydrogens is 494 g/mol. The van der Waals surface area contributed by atoms with Crippen LogP contribution in [0.2, 0.25) is 5.02 Å². The van der Waals surface area contributed by atoms with Crippen molar-refractivity contribution in [3.63, 3.8) is 0 Å². The minimum atomic E-state index is -0.948. The quantitative estimate of drug-likeness (QED) is 0.358. The number of aromatic nitrogens is 2. The number of nitrogens with one attached hydrogen (secondary N) is 1. The van der Waals surface area contributed by atoms with Gasteiger partial charge in [-0.15, -0.1) is 0 Å². The zero-order valence-corrected chi connectivity index (χ0v) is 20.5. The van der Waals surface area contributed by atoms with Crippen molar-refractivity contribution in [1.29, 1.82) is 0 Å². The fourth-order valence-corrected chi connectivity index (χ4v) is 4.20. The first-order valence-electron chi connectivity index (χ1n) is 10.7. The molecule has 2 amide bonds. The van der Waals surface area contributed by atoms with Gasteiger partial charge in [-0.3, -0.25) is 14.5 Å². The van der Waals surface area contributed by atoms with Gasteiger partial charge in [0.15, 0.2) is 18.1 Å². The molecule has 0 bridgehead atoms. The van der Waals surface area contributed by atoms with Crippen LogP contribution in [0, 0.1) is 0 Å². The van der Waals surface area contributed by atoms with E-state index in [0.29, 0.717) is 28.8 Å². The minimum absolute atomic E-state index is 0.0597. The number of hydrogen-bond donors (Lipinski definition) is 1. The van der Waals surface area contributed by atoms with Crippen molar-refractivity contribution < 1.29 is 28.6 Å². The molecule has 3 aromatic rings. The molecule has 12 heteroatoms. The summed E-state index contributed by atoms with van der Waals surface area (Å²) in [6.45, 7) is 2.32. The van der Waals surface area contributed by atoms with Crippen LogP contribution in [-0.2, 0) is 23.2 Å². The number of nitrogens with zero attached hydrogens (tertiary/aromatic N) is 4. The summed E-state index contributed by atoms with van der Waals surface area (Å²) < 4.78 is 11.5. The molecule has 0 radical (unpaired) electrons. The monoisotopic (exact) mass is 515 g/mol. The van der Waals surface area contributed by atoms with E-state index in [2.05, 4.69) is 10.6 Å². The molecule has 35 heavy (non-hydrogen) atoms. The van der Waals surface area contributed by atoms with E-state index >= 15 is 0 Å². The molecule has 10 nitrogen and oxygen atoms in total. The first kappa shape index (κ1) is 24.4. The zero-order valence-electron chi connectivity index (χ0n) is 18.9. The molecule has 1 fully saturated rings. The molecule has 0 aliphatic carbocycles. The third-order valence-corrected chi connectivity index (χ3v) is 6.09. The summed E-state index contributed by atoms with van der Waals surface area (Å²) in [5.74, 6) is -0.787. The van der Waals surface area contributed by atoms with Crippen molar-refractivity contribution in [3.8, 4) is 11.7 Å². The van der Waals surface area contributed by atoms with Gasteiger partial charge in [0.1, 0.15) is 18.3 Å². The van der Waals surface area contributed by atoms with Gasteiger partial charge in [-0.1, -0.05) is 16.3 Å². The van der Waals surface area contributed by atoms with Crippen molar-refractivity contribution in [1.82, 2.24) is 10.2 Å². The fraction of sp³-hybridized carbons (Fsp3) is 0.261. The Balaban J connectivity index is 1.61. The second-order valence-electron chi connectivity index (χ2n) is 7.72. The van der Waals surface area contributed by atoms with E-state index < -0.39 is 23.8 Å². The highest BCUT2D eigenvalue weighted by atomic mass is 35.5. The van der Waals surface area contributed by atoms with E-state index in [4.69, 9.17) is 33.1 Å². The normalized spacial score (nSPS) is 15.6. The molecule has 1 aliphatic rings. The Kier molecular flexibility index (Phi) is 7.17. The van der Waals surface area contributed by atoms with Gasteiger partial charge in [0.05, 0.1) is 24.0 Å². The average Bonchev–Trinajstić information content (AvgIpc) is 3.27.